The molecular formula is C48H27N3O3. The van der Waals surface area contributed by atoms with E-state index in [0.29, 0.717) is 5.89 Å². The van der Waals surface area contributed by atoms with Gasteiger partial charge in [0.15, 0.2) is 5.58 Å². The maximum atomic E-state index is 6.58. The molecule has 0 atom stereocenters. The molecule has 0 spiro atoms. The van der Waals surface area contributed by atoms with Crippen LogP contribution in [0.15, 0.2) is 177 Å². The van der Waals surface area contributed by atoms with Gasteiger partial charge in [-0.1, -0.05) is 66.7 Å². The van der Waals surface area contributed by atoms with Crippen LogP contribution in [-0.2, 0) is 0 Å². The van der Waals surface area contributed by atoms with Gasteiger partial charge in [-0.05, 0) is 112 Å². The maximum Gasteiger partial charge on any atom is 0.227 e. The molecule has 0 saturated heterocycles. The largest absolute Gasteiger partial charge is 0.456 e. The topological polar surface area (TPSA) is 68.4 Å². The van der Waals surface area contributed by atoms with E-state index in [4.69, 9.17) is 18.2 Å². The van der Waals surface area contributed by atoms with Gasteiger partial charge in [-0.2, -0.15) is 0 Å². The SMILES string of the molecule is c1ccc(-c2nc3ccc4ccc5ccc(N(c6ccc7cc8c(cc7c6)oc6ccccc68)c6ccc7oc8ccncc8c7c6)cc5c4c3o2)cc1. The van der Waals surface area contributed by atoms with Crippen LogP contribution < -0.4 is 4.90 Å². The number of fused-ring (bicyclic) bond motifs is 12. The molecule has 12 rings (SSSR count). The Labute approximate surface area is 307 Å². The Kier molecular flexibility index (Phi) is 5.96. The summed E-state index contributed by atoms with van der Waals surface area (Å²) in [5.74, 6) is 0.609. The molecule has 0 unspecified atom stereocenters. The zero-order valence-corrected chi connectivity index (χ0v) is 28.7. The quantitative estimate of drug-likeness (QED) is 0.171. The second-order valence-corrected chi connectivity index (χ2v) is 13.8. The molecule has 0 N–H and O–H groups in total. The predicted molar refractivity (Wildman–Crippen MR) is 219 cm³/mol. The number of furan rings is 2. The Hall–Kier alpha value is -7.44. The lowest BCUT2D eigenvalue weighted by molar-refractivity contribution is 0.623. The van der Waals surface area contributed by atoms with E-state index >= 15 is 0 Å². The summed E-state index contributed by atoms with van der Waals surface area (Å²) in [4.78, 5) is 11.6. The molecule has 0 radical (unpaired) electrons. The molecule has 0 aliphatic carbocycles. The molecule has 6 heteroatoms. The summed E-state index contributed by atoms with van der Waals surface area (Å²) in [5, 5.41) is 10.8. The first-order chi connectivity index (χ1) is 26.7. The molecule has 8 aromatic carbocycles. The molecule has 12 aromatic rings. The van der Waals surface area contributed by atoms with Gasteiger partial charge in [0, 0.05) is 62.0 Å². The van der Waals surface area contributed by atoms with E-state index in [1.807, 2.05) is 60.8 Å². The van der Waals surface area contributed by atoms with Crippen molar-refractivity contribution in [3.8, 4) is 11.5 Å². The number of anilines is 3. The van der Waals surface area contributed by atoms with E-state index < -0.39 is 0 Å². The lowest BCUT2D eigenvalue weighted by atomic mass is 9.99. The molecule has 0 fully saturated rings. The first kappa shape index (κ1) is 29.2. The van der Waals surface area contributed by atoms with Gasteiger partial charge in [-0.3, -0.25) is 4.98 Å². The minimum atomic E-state index is 0.609. The first-order valence-corrected chi connectivity index (χ1v) is 17.9. The molecule has 6 nitrogen and oxygen atoms in total. The summed E-state index contributed by atoms with van der Waals surface area (Å²) < 4.78 is 19.1. The van der Waals surface area contributed by atoms with Crippen LogP contribution in [0.25, 0.3) is 98.7 Å². The Morgan fingerprint density at radius 1 is 0.426 bits per heavy atom. The van der Waals surface area contributed by atoms with Crippen LogP contribution in [0.2, 0.25) is 0 Å². The number of hydrogen-bond donors (Lipinski definition) is 0. The van der Waals surface area contributed by atoms with Crippen molar-refractivity contribution in [3.63, 3.8) is 0 Å². The Morgan fingerprint density at radius 3 is 2.04 bits per heavy atom. The number of benzene rings is 8. The zero-order chi connectivity index (χ0) is 35.3. The van der Waals surface area contributed by atoms with Crippen molar-refractivity contribution in [2.45, 2.75) is 0 Å². The van der Waals surface area contributed by atoms with Gasteiger partial charge in [0.1, 0.15) is 27.8 Å². The summed E-state index contributed by atoms with van der Waals surface area (Å²) in [6.45, 7) is 0. The van der Waals surface area contributed by atoms with E-state index in [1.54, 1.807) is 6.20 Å². The first-order valence-electron chi connectivity index (χ1n) is 17.9. The number of para-hydroxylation sites is 1. The number of hydrogen-bond acceptors (Lipinski definition) is 6. The van der Waals surface area contributed by atoms with Crippen LogP contribution in [0.1, 0.15) is 0 Å². The Morgan fingerprint density at radius 2 is 1.11 bits per heavy atom. The average Bonchev–Trinajstić information content (AvgIpc) is 3.93. The van der Waals surface area contributed by atoms with Gasteiger partial charge >= 0.3 is 0 Å². The lowest BCUT2D eigenvalue weighted by Gasteiger charge is -2.26. The van der Waals surface area contributed by atoms with E-state index in [-0.39, 0.29) is 0 Å². The van der Waals surface area contributed by atoms with Crippen LogP contribution >= 0.6 is 0 Å². The van der Waals surface area contributed by atoms with Gasteiger partial charge in [-0.25, -0.2) is 4.98 Å². The average molecular weight is 694 g/mol. The normalized spacial score (nSPS) is 12.1. The van der Waals surface area contributed by atoms with Gasteiger partial charge < -0.3 is 18.2 Å². The van der Waals surface area contributed by atoms with Crippen LogP contribution in [-0.4, -0.2) is 9.97 Å². The molecule has 252 valence electrons. The second kappa shape index (κ2) is 11.0. The fourth-order valence-corrected chi connectivity index (χ4v) is 8.14. The molecule has 4 aromatic heterocycles. The number of nitrogens with zero attached hydrogens (tertiary/aromatic N) is 3. The van der Waals surface area contributed by atoms with Crippen molar-refractivity contribution in [1.29, 1.82) is 0 Å². The third-order valence-corrected chi connectivity index (χ3v) is 10.7. The zero-order valence-electron chi connectivity index (χ0n) is 28.7. The second-order valence-electron chi connectivity index (χ2n) is 13.8. The van der Waals surface area contributed by atoms with Gasteiger partial charge in [0.2, 0.25) is 5.89 Å². The van der Waals surface area contributed by atoms with Gasteiger partial charge in [0.25, 0.3) is 0 Å². The summed E-state index contributed by atoms with van der Waals surface area (Å²) in [6, 6.07) is 52.8. The highest BCUT2D eigenvalue weighted by atomic mass is 16.3. The molecule has 54 heavy (non-hydrogen) atoms. The van der Waals surface area contributed by atoms with Crippen molar-refractivity contribution < 1.29 is 13.3 Å². The molecule has 0 amide bonds. The molecule has 4 heterocycles. The van der Waals surface area contributed by atoms with Crippen LogP contribution in [0, 0.1) is 0 Å². The van der Waals surface area contributed by atoms with E-state index in [2.05, 4.69) is 107 Å². The highest BCUT2D eigenvalue weighted by molar-refractivity contribution is 6.19. The molecule has 0 bridgehead atoms. The number of rotatable bonds is 4. The third-order valence-electron chi connectivity index (χ3n) is 10.7. The van der Waals surface area contributed by atoms with Gasteiger partial charge in [-0.15, -0.1) is 0 Å². The molecule has 0 aliphatic heterocycles. The molecular weight excluding hydrogens is 667 g/mol. The fraction of sp³-hybridized carbons (Fsp3) is 0. The molecule has 0 saturated carbocycles. The lowest BCUT2D eigenvalue weighted by Crippen LogP contribution is -2.10. The van der Waals surface area contributed by atoms with E-state index in [9.17, 15) is 0 Å². The van der Waals surface area contributed by atoms with Gasteiger partial charge in [0.05, 0.1) is 0 Å². The van der Waals surface area contributed by atoms with Crippen molar-refractivity contribution in [3.05, 3.63) is 164 Å². The highest BCUT2D eigenvalue weighted by Gasteiger charge is 2.19. The Bertz CT molecular complexity index is 3470. The standard InChI is InChI=1S/C48H27N3O3/c1-2-6-30(7-3-1)48-50-41-18-14-29-11-10-28-12-15-34(25-37(28)46(29)47(41)54-48)51(35-17-19-43-39(26-35)40-27-49-21-20-44(40)52-43)33-16-13-31-23-38-36-8-4-5-9-42(36)53-45(38)24-32(31)22-33/h1-27H. The van der Waals surface area contributed by atoms with Crippen LogP contribution in [0.5, 0.6) is 0 Å². The number of pyridine rings is 1. The monoisotopic (exact) mass is 693 g/mol. The van der Waals surface area contributed by atoms with Crippen LogP contribution in [0.4, 0.5) is 17.1 Å². The summed E-state index contributed by atoms with van der Waals surface area (Å²) >= 11 is 0. The highest BCUT2D eigenvalue weighted by Crippen LogP contribution is 2.43. The molecule has 0 aliphatic rings. The van der Waals surface area contributed by atoms with Crippen molar-refractivity contribution in [2.75, 3.05) is 4.90 Å². The van der Waals surface area contributed by atoms with E-state index in [0.717, 1.165) is 110 Å². The van der Waals surface area contributed by atoms with Crippen LogP contribution in [0.3, 0.4) is 0 Å². The van der Waals surface area contributed by atoms with Crippen molar-refractivity contribution in [2.24, 2.45) is 0 Å². The third kappa shape index (κ3) is 4.34. The summed E-state index contributed by atoms with van der Waals surface area (Å²) in [5.41, 5.74) is 8.95. The minimum Gasteiger partial charge on any atom is -0.456 e. The van der Waals surface area contributed by atoms with E-state index in [1.165, 1.54) is 0 Å². The Balaban J connectivity index is 1.10. The smallest absolute Gasteiger partial charge is 0.227 e. The number of aromatic nitrogens is 2. The maximum absolute atomic E-state index is 6.58. The van der Waals surface area contributed by atoms with Crippen molar-refractivity contribution >= 4 is 104 Å². The summed E-state index contributed by atoms with van der Waals surface area (Å²) in [7, 11) is 0. The summed E-state index contributed by atoms with van der Waals surface area (Å²) in [6.07, 6.45) is 3.64. The van der Waals surface area contributed by atoms with Crippen molar-refractivity contribution in [1.82, 2.24) is 9.97 Å². The minimum absolute atomic E-state index is 0.609. The fourth-order valence-electron chi connectivity index (χ4n) is 8.14. The number of oxazole rings is 1. The predicted octanol–water partition coefficient (Wildman–Crippen LogP) is 13.6.